The summed E-state index contributed by atoms with van der Waals surface area (Å²) in [6, 6.07) is 6.87. The number of hydrogen-bond donors (Lipinski definition) is 2. The maximum atomic E-state index is 12.0. The van der Waals surface area contributed by atoms with Gasteiger partial charge in [-0.3, -0.25) is 9.59 Å². The van der Waals surface area contributed by atoms with Crippen molar-refractivity contribution in [1.82, 2.24) is 0 Å². The number of nitrogens with one attached hydrogen (secondary N) is 1. The van der Waals surface area contributed by atoms with Gasteiger partial charge in [-0.05, 0) is 31.9 Å². The Morgan fingerprint density at radius 2 is 2.21 bits per heavy atom. The van der Waals surface area contributed by atoms with Crippen molar-refractivity contribution in [1.29, 1.82) is 0 Å². The summed E-state index contributed by atoms with van der Waals surface area (Å²) >= 11 is 0. The third-order valence-corrected chi connectivity index (χ3v) is 3.20. The summed E-state index contributed by atoms with van der Waals surface area (Å²) < 4.78 is 5.52. The van der Waals surface area contributed by atoms with E-state index in [0.717, 1.165) is 6.42 Å². The minimum atomic E-state index is -0.450. The zero-order valence-corrected chi connectivity index (χ0v) is 10.9. The topological polar surface area (TPSA) is 81.4 Å². The molecule has 0 spiro atoms. The van der Waals surface area contributed by atoms with Crippen LogP contribution in [0.15, 0.2) is 24.3 Å². The third-order valence-electron chi connectivity index (χ3n) is 3.20. The molecule has 1 fully saturated rings. The quantitative estimate of drug-likeness (QED) is 0.802. The van der Waals surface area contributed by atoms with E-state index in [0.29, 0.717) is 24.2 Å². The predicted octanol–water partition coefficient (Wildman–Crippen LogP) is 1.33. The molecule has 5 heteroatoms. The SMILES string of the molecule is CC(=O)c1cccc(NC(=O)[C@@H]2CC[C@H](CN)O2)c1. The van der Waals surface area contributed by atoms with Gasteiger partial charge in [-0.25, -0.2) is 0 Å². The molecule has 3 N–H and O–H groups in total. The van der Waals surface area contributed by atoms with Crippen molar-refractivity contribution in [2.45, 2.75) is 32.0 Å². The van der Waals surface area contributed by atoms with E-state index >= 15 is 0 Å². The van der Waals surface area contributed by atoms with Crippen molar-refractivity contribution in [2.75, 3.05) is 11.9 Å². The number of Topliss-reactive ketones (excluding diaryl/α,β-unsaturated/α-hetero) is 1. The molecule has 0 bridgehead atoms. The fraction of sp³-hybridized carbons (Fsp3) is 0.429. The zero-order chi connectivity index (χ0) is 13.8. The number of nitrogens with two attached hydrogens (primary N) is 1. The minimum Gasteiger partial charge on any atom is -0.364 e. The highest BCUT2D eigenvalue weighted by molar-refractivity contribution is 5.98. The molecule has 1 heterocycles. The Kier molecular flexibility index (Phi) is 4.29. The third kappa shape index (κ3) is 3.39. The van der Waals surface area contributed by atoms with Crippen molar-refractivity contribution >= 4 is 17.4 Å². The summed E-state index contributed by atoms with van der Waals surface area (Å²) in [6.45, 7) is 1.93. The van der Waals surface area contributed by atoms with Gasteiger partial charge in [0.2, 0.25) is 0 Å². The first-order valence-corrected chi connectivity index (χ1v) is 6.37. The van der Waals surface area contributed by atoms with Gasteiger partial charge in [-0.1, -0.05) is 12.1 Å². The molecule has 0 unspecified atom stereocenters. The molecular weight excluding hydrogens is 244 g/mol. The molecule has 19 heavy (non-hydrogen) atoms. The van der Waals surface area contributed by atoms with Gasteiger partial charge in [0.05, 0.1) is 6.10 Å². The second kappa shape index (κ2) is 5.95. The Balaban J connectivity index is 1.99. The van der Waals surface area contributed by atoms with Crippen molar-refractivity contribution in [2.24, 2.45) is 5.73 Å². The Hall–Kier alpha value is -1.72. The molecule has 0 aromatic heterocycles. The van der Waals surface area contributed by atoms with Crippen LogP contribution < -0.4 is 11.1 Å². The summed E-state index contributed by atoms with van der Waals surface area (Å²) in [5, 5.41) is 2.77. The standard InChI is InChI=1S/C14H18N2O3/c1-9(17)10-3-2-4-11(7-10)16-14(18)13-6-5-12(8-15)19-13/h2-4,7,12-13H,5-6,8,15H2,1H3,(H,16,18)/t12-,13+/m1/s1. The number of ketones is 1. The smallest absolute Gasteiger partial charge is 0.253 e. The highest BCUT2D eigenvalue weighted by Crippen LogP contribution is 2.20. The molecule has 0 radical (unpaired) electrons. The average Bonchev–Trinajstić information content (AvgIpc) is 2.88. The van der Waals surface area contributed by atoms with Gasteiger partial charge < -0.3 is 15.8 Å². The van der Waals surface area contributed by atoms with Crippen molar-refractivity contribution < 1.29 is 14.3 Å². The van der Waals surface area contributed by atoms with Gasteiger partial charge in [0.1, 0.15) is 6.10 Å². The Bertz CT molecular complexity index is 487. The second-order valence-electron chi connectivity index (χ2n) is 4.69. The van der Waals surface area contributed by atoms with Gasteiger partial charge in [0, 0.05) is 17.8 Å². The van der Waals surface area contributed by atoms with E-state index in [4.69, 9.17) is 10.5 Å². The molecular formula is C14H18N2O3. The van der Waals surface area contributed by atoms with Gasteiger partial charge in [0.25, 0.3) is 5.91 Å². The molecule has 1 amide bonds. The number of carbonyl (C=O) groups is 2. The van der Waals surface area contributed by atoms with Crippen LogP contribution in [0.5, 0.6) is 0 Å². The molecule has 102 valence electrons. The van der Waals surface area contributed by atoms with Crippen LogP contribution >= 0.6 is 0 Å². The molecule has 5 nitrogen and oxygen atoms in total. The molecule has 2 rings (SSSR count). The van der Waals surface area contributed by atoms with Crippen molar-refractivity contribution in [3.63, 3.8) is 0 Å². The second-order valence-corrected chi connectivity index (χ2v) is 4.69. The van der Waals surface area contributed by atoms with Crippen molar-refractivity contribution in [3.05, 3.63) is 29.8 Å². The minimum absolute atomic E-state index is 0.0284. The first kappa shape index (κ1) is 13.7. The highest BCUT2D eigenvalue weighted by Gasteiger charge is 2.29. The average molecular weight is 262 g/mol. The largest absolute Gasteiger partial charge is 0.364 e. The predicted molar refractivity (Wildman–Crippen MR) is 72.0 cm³/mol. The van der Waals surface area contributed by atoms with E-state index in [-0.39, 0.29) is 17.8 Å². The number of amides is 1. The number of benzene rings is 1. The fourth-order valence-corrected chi connectivity index (χ4v) is 2.11. The molecule has 1 aliphatic rings. The van der Waals surface area contributed by atoms with Crippen LogP contribution in [0.2, 0.25) is 0 Å². The molecule has 2 atom stereocenters. The van der Waals surface area contributed by atoms with Gasteiger partial charge in [-0.15, -0.1) is 0 Å². The van der Waals surface area contributed by atoms with Crippen LogP contribution in [0.4, 0.5) is 5.69 Å². The van der Waals surface area contributed by atoms with E-state index < -0.39 is 6.10 Å². The fourth-order valence-electron chi connectivity index (χ4n) is 2.11. The van der Waals surface area contributed by atoms with Gasteiger partial charge >= 0.3 is 0 Å². The van der Waals surface area contributed by atoms with E-state index in [2.05, 4.69) is 5.32 Å². The summed E-state index contributed by atoms with van der Waals surface area (Å²) in [6.07, 6.45) is 1.01. The van der Waals surface area contributed by atoms with Crippen LogP contribution in [0, 0.1) is 0 Å². The molecule has 1 aromatic carbocycles. The maximum absolute atomic E-state index is 12.0. The molecule has 0 aliphatic carbocycles. The lowest BCUT2D eigenvalue weighted by Gasteiger charge is -2.13. The monoisotopic (exact) mass is 262 g/mol. The van der Waals surface area contributed by atoms with Crippen LogP contribution in [-0.4, -0.2) is 30.4 Å². The molecule has 1 aromatic rings. The lowest BCUT2D eigenvalue weighted by atomic mass is 10.1. The lowest BCUT2D eigenvalue weighted by molar-refractivity contribution is -0.126. The lowest BCUT2D eigenvalue weighted by Crippen LogP contribution is -2.29. The first-order valence-electron chi connectivity index (χ1n) is 6.37. The summed E-state index contributed by atoms with van der Waals surface area (Å²) in [7, 11) is 0. The zero-order valence-electron chi connectivity index (χ0n) is 10.9. The summed E-state index contributed by atoms with van der Waals surface area (Å²) in [4.78, 5) is 23.3. The van der Waals surface area contributed by atoms with Crippen LogP contribution in [-0.2, 0) is 9.53 Å². The number of rotatable bonds is 4. The van der Waals surface area contributed by atoms with E-state index in [1.54, 1.807) is 24.3 Å². The molecule has 1 aliphatic heterocycles. The van der Waals surface area contributed by atoms with Crippen LogP contribution in [0.3, 0.4) is 0 Å². The van der Waals surface area contributed by atoms with Gasteiger partial charge in [0.15, 0.2) is 5.78 Å². The number of ether oxygens (including phenoxy) is 1. The number of carbonyl (C=O) groups excluding carboxylic acids is 2. The van der Waals surface area contributed by atoms with E-state index in [9.17, 15) is 9.59 Å². The summed E-state index contributed by atoms with van der Waals surface area (Å²) in [5.41, 5.74) is 6.69. The van der Waals surface area contributed by atoms with E-state index in [1.165, 1.54) is 6.92 Å². The van der Waals surface area contributed by atoms with Crippen LogP contribution in [0.1, 0.15) is 30.1 Å². The normalized spacial score (nSPS) is 22.2. The molecule has 0 saturated carbocycles. The Morgan fingerprint density at radius 1 is 1.42 bits per heavy atom. The van der Waals surface area contributed by atoms with E-state index in [1.807, 2.05) is 0 Å². The number of anilines is 1. The highest BCUT2D eigenvalue weighted by atomic mass is 16.5. The summed E-state index contributed by atoms with van der Waals surface area (Å²) in [5.74, 6) is -0.215. The Labute approximate surface area is 112 Å². The van der Waals surface area contributed by atoms with Gasteiger partial charge in [-0.2, -0.15) is 0 Å². The molecule has 1 saturated heterocycles. The first-order chi connectivity index (χ1) is 9.10. The maximum Gasteiger partial charge on any atom is 0.253 e. The Morgan fingerprint density at radius 3 is 2.84 bits per heavy atom. The van der Waals surface area contributed by atoms with Crippen LogP contribution in [0.25, 0.3) is 0 Å². The van der Waals surface area contributed by atoms with Crippen molar-refractivity contribution in [3.8, 4) is 0 Å². The number of hydrogen-bond acceptors (Lipinski definition) is 4.